The van der Waals surface area contributed by atoms with Crippen molar-refractivity contribution in [1.29, 1.82) is 0 Å². The Morgan fingerprint density at radius 3 is 2.59 bits per heavy atom. The van der Waals surface area contributed by atoms with Crippen molar-refractivity contribution in [3.05, 3.63) is 40.6 Å². The summed E-state index contributed by atoms with van der Waals surface area (Å²) in [7, 11) is 1.44. The quantitative estimate of drug-likeness (QED) is 0.788. The maximum Gasteiger partial charge on any atom is 0.251 e. The molecule has 1 aliphatic carbocycles. The van der Waals surface area contributed by atoms with Crippen LogP contribution in [0, 0.1) is 5.21 Å². The van der Waals surface area contributed by atoms with Crippen LogP contribution < -0.4 is 5.32 Å². The lowest BCUT2D eigenvalue weighted by Crippen LogP contribution is -2.30. The third kappa shape index (κ3) is 3.54. The van der Waals surface area contributed by atoms with E-state index in [4.69, 9.17) is 0 Å². The molecule has 0 atom stereocenters. The van der Waals surface area contributed by atoms with Gasteiger partial charge in [-0.05, 0) is 43.5 Å². The molecule has 0 saturated heterocycles. The zero-order valence-electron chi connectivity index (χ0n) is 9.98. The number of hydrogen-bond donors (Lipinski definition) is 1. The van der Waals surface area contributed by atoms with Crippen molar-refractivity contribution in [3.8, 4) is 0 Å². The Kier molecular flexibility index (Phi) is 3.76. The predicted molar refractivity (Wildman–Crippen MR) is 66.7 cm³/mol. The van der Waals surface area contributed by atoms with Gasteiger partial charge in [-0.15, -0.1) is 0 Å². The van der Waals surface area contributed by atoms with Crippen LogP contribution in [0.5, 0.6) is 0 Å². The first-order valence-corrected chi connectivity index (χ1v) is 5.93. The molecule has 0 aliphatic heterocycles. The number of carbonyl (C=O) groups excluding carboxylic acids is 1. The molecule has 1 N–H and O–H groups in total. The van der Waals surface area contributed by atoms with Gasteiger partial charge in [0.05, 0.1) is 0 Å². The van der Waals surface area contributed by atoms with Gasteiger partial charge in [0.2, 0.25) is 0 Å². The lowest BCUT2D eigenvalue weighted by atomic mass is 10.1. The zero-order chi connectivity index (χ0) is 12.3. The minimum absolute atomic E-state index is 0.116. The van der Waals surface area contributed by atoms with Crippen molar-refractivity contribution >= 4 is 5.91 Å². The topological polar surface area (TPSA) is 55.4 Å². The Morgan fingerprint density at radius 1 is 1.41 bits per heavy atom. The number of likely N-dealkylation sites (N-methyl/N-ethyl adjacent to an activating group) is 1. The number of carbonyl (C=O) groups is 1. The van der Waals surface area contributed by atoms with Crippen LogP contribution in [0.3, 0.4) is 0 Å². The SMILES string of the molecule is CN([O-])CCNC(=O)c1ccc(C2CC2)cc1. The first-order chi connectivity index (χ1) is 8.16. The van der Waals surface area contributed by atoms with Crippen LogP contribution in [0.4, 0.5) is 0 Å². The van der Waals surface area contributed by atoms with Crippen LogP contribution in [-0.4, -0.2) is 31.1 Å². The molecule has 0 spiro atoms. The molecule has 4 heteroatoms. The molecule has 2 rings (SSSR count). The fourth-order valence-electron chi connectivity index (χ4n) is 1.75. The molecule has 1 aromatic rings. The summed E-state index contributed by atoms with van der Waals surface area (Å²) in [6.07, 6.45) is 2.53. The summed E-state index contributed by atoms with van der Waals surface area (Å²) in [5, 5.41) is 14.2. The number of hydrogen-bond acceptors (Lipinski definition) is 3. The Labute approximate surface area is 101 Å². The minimum atomic E-state index is -0.116. The van der Waals surface area contributed by atoms with Gasteiger partial charge in [-0.25, -0.2) is 0 Å². The average molecular weight is 233 g/mol. The van der Waals surface area contributed by atoms with E-state index in [0.29, 0.717) is 24.6 Å². The van der Waals surface area contributed by atoms with Crippen LogP contribution in [0.2, 0.25) is 0 Å². The second kappa shape index (κ2) is 5.29. The highest BCUT2D eigenvalue weighted by atomic mass is 16.5. The smallest absolute Gasteiger partial charge is 0.251 e. The van der Waals surface area contributed by atoms with Gasteiger partial charge < -0.3 is 15.6 Å². The molecular formula is C13H17N2O2-. The Bertz CT molecular complexity index is 383. The molecule has 92 valence electrons. The van der Waals surface area contributed by atoms with Gasteiger partial charge in [0.25, 0.3) is 5.91 Å². The van der Waals surface area contributed by atoms with E-state index in [1.807, 2.05) is 24.3 Å². The molecule has 4 nitrogen and oxygen atoms in total. The van der Waals surface area contributed by atoms with E-state index in [2.05, 4.69) is 5.32 Å². The van der Waals surface area contributed by atoms with Gasteiger partial charge >= 0.3 is 0 Å². The molecule has 1 amide bonds. The Morgan fingerprint density at radius 2 is 2.06 bits per heavy atom. The van der Waals surface area contributed by atoms with Crippen LogP contribution >= 0.6 is 0 Å². The highest BCUT2D eigenvalue weighted by molar-refractivity contribution is 5.94. The highest BCUT2D eigenvalue weighted by Gasteiger charge is 2.23. The molecule has 1 aliphatic rings. The maximum absolute atomic E-state index is 11.7. The largest absolute Gasteiger partial charge is 0.785 e. The normalized spacial score (nSPS) is 15.0. The summed E-state index contributed by atoms with van der Waals surface area (Å²) < 4.78 is 0. The average Bonchev–Trinajstić information content (AvgIpc) is 3.12. The van der Waals surface area contributed by atoms with E-state index in [1.54, 1.807) is 0 Å². The van der Waals surface area contributed by atoms with Crippen LogP contribution in [-0.2, 0) is 0 Å². The fourth-order valence-corrected chi connectivity index (χ4v) is 1.75. The molecule has 1 aromatic carbocycles. The van der Waals surface area contributed by atoms with E-state index in [1.165, 1.54) is 25.5 Å². The van der Waals surface area contributed by atoms with Gasteiger partial charge in [-0.1, -0.05) is 12.1 Å². The van der Waals surface area contributed by atoms with Crippen molar-refractivity contribution in [1.82, 2.24) is 10.4 Å². The third-order valence-electron chi connectivity index (χ3n) is 2.93. The molecule has 0 heterocycles. The van der Waals surface area contributed by atoms with E-state index < -0.39 is 0 Å². The monoisotopic (exact) mass is 233 g/mol. The Balaban J connectivity index is 1.85. The lowest BCUT2D eigenvalue weighted by molar-refractivity contribution is 0.0951. The van der Waals surface area contributed by atoms with Crippen molar-refractivity contribution in [2.45, 2.75) is 18.8 Å². The predicted octanol–water partition coefficient (Wildman–Crippen LogP) is 1.72. The number of nitrogens with zero attached hydrogens (tertiary/aromatic N) is 1. The molecule has 17 heavy (non-hydrogen) atoms. The van der Waals surface area contributed by atoms with E-state index in [9.17, 15) is 10.0 Å². The van der Waals surface area contributed by atoms with Gasteiger partial charge in [0.1, 0.15) is 0 Å². The number of hydroxylamine groups is 2. The molecule has 0 radical (unpaired) electrons. The van der Waals surface area contributed by atoms with Gasteiger partial charge in [-0.3, -0.25) is 4.79 Å². The van der Waals surface area contributed by atoms with E-state index in [0.717, 1.165) is 5.06 Å². The highest BCUT2D eigenvalue weighted by Crippen LogP contribution is 2.39. The molecule has 1 fully saturated rings. The van der Waals surface area contributed by atoms with Crippen molar-refractivity contribution in [2.24, 2.45) is 0 Å². The third-order valence-corrected chi connectivity index (χ3v) is 2.93. The summed E-state index contributed by atoms with van der Waals surface area (Å²) in [6.45, 7) is 0.690. The summed E-state index contributed by atoms with van der Waals surface area (Å²) in [6, 6.07) is 7.74. The van der Waals surface area contributed by atoms with Crippen molar-refractivity contribution < 1.29 is 4.79 Å². The second-order valence-corrected chi connectivity index (χ2v) is 4.50. The summed E-state index contributed by atoms with van der Waals surface area (Å²) in [4.78, 5) is 11.7. The fraction of sp³-hybridized carbons (Fsp3) is 0.462. The number of benzene rings is 1. The van der Waals surface area contributed by atoms with E-state index >= 15 is 0 Å². The van der Waals surface area contributed by atoms with Crippen LogP contribution in [0.1, 0.15) is 34.7 Å². The summed E-state index contributed by atoms with van der Waals surface area (Å²) in [5.74, 6) is 0.593. The maximum atomic E-state index is 11.7. The summed E-state index contributed by atoms with van der Waals surface area (Å²) >= 11 is 0. The Hall–Kier alpha value is -1.39. The molecule has 0 unspecified atom stereocenters. The molecule has 0 aromatic heterocycles. The lowest BCUT2D eigenvalue weighted by Gasteiger charge is -2.21. The van der Waals surface area contributed by atoms with Crippen molar-refractivity contribution in [2.75, 3.05) is 20.1 Å². The number of rotatable bonds is 5. The van der Waals surface area contributed by atoms with Gasteiger partial charge in [0, 0.05) is 18.7 Å². The van der Waals surface area contributed by atoms with E-state index in [-0.39, 0.29) is 5.91 Å². The van der Waals surface area contributed by atoms with Crippen molar-refractivity contribution in [3.63, 3.8) is 0 Å². The minimum Gasteiger partial charge on any atom is -0.785 e. The van der Waals surface area contributed by atoms with Crippen LogP contribution in [0.15, 0.2) is 24.3 Å². The first-order valence-electron chi connectivity index (χ1n) is 5.93. The molecule has 1 saturated carbocycles. The van der Waals surface area contributed by atoms with Gasteiger partial charge in [-0.2, -0.15) is 0 Å². The molecule has 0 bridgehead atoms. The van der Waals surface area contributed by atoms with Crippen LogP contribution in [0.25, 0.3) is 0 Å². The second-order valence-electron chi connectivity index (χ2n) is 4.50. The zero-order valence-corrected chi connectivity index (χ0v) is 9.98. The number of nitrogens with one attached hydrogen (secondary N) is 1. The molecular weight excluding hydrogens is 216 g/mol. The summed E-state index contributed by atoms with van der Waals surface area (Å²) in [5.41, 5.74) is 1.98. The first kappa shape index (κ1) is 12.1. The number of amides is 1. The standard InChI is InChI=1S/C13H17N2O2/c1-15(17)9-8-14-13(16)12-6-4-11(5-7-12)10-2-3-10/h4-7,10H,2-3,8-9H2,1H3,(H,14,16)/q-1. The van der Waals surface area contributed by atoms with Gasteiger partial charge in [0.15, 0.2) is 0 Å².